The van der Waals surface area contributed by atoms with Crippen LogP contribution >= 0.6 is 0 Å². The molecule has 3 N–H and O–H groups in total. The quantitative estimate of drug-likeness (QED) is 0.730. The van der Waals surface area contributed by atoms with E-state index in [1.807, 2.05) is 45.3 Å². The molecule has 0 heterocycles. The van der Waals surface area contributed by atoms with Gasteiger partial charge in [0.2, 0.25) is 5.91 Å². The van der Waals surface area contributed by atoms with Crippen molar-refractivity contribution in [2.75, 3.05) is 39.1 Å². The summed E-state index contributed by atoms with van der Waals surface area (Å²) in [6, 6.07) is 7.44. The van der Waals surface area contributed by atoms with E-state index < -0.39 is 0 Å². The van der Waals surface area contributed by atoms with Crippen LogP contribution in [0.2, 0.25) is 0 Å². The molecule has 21 heavy (non-hydrogen) atoms. The summed E-state index contributed by atoms with van der Waals surface area (Å²) in [7, 11) is 4.01. The number of nitrogens with two attached hydrogens (primary N) is 1. The normalized spacial score (nSPS) is 12.2. The summed E-state index contributed by atoms with van der Waals surface area (Å²) in [6.45, 7) is 4.11. The van der Waals surface area contributed by atoms with Gasteiger partial charge < -0.3 is 20.7 Å². The van der Waals surface area contributed by atoms with Crippen LogP contribution in [-0.2, 0) is 4.79 Å². The zero-order valence-corrected chi connectivity index (χ0v) is 13.3. The van der Waals surface area contributed by atoms with E-state index >= 15 is 0 Å². The lowest BCUT2D eigenvalue weighted by Crippen LogP contribution is -2.21. The number of likely N-dealkylation sites (N-methyl/N-ethyl adjacent to an activating group) is 1. The molecule has 1 unspecified atom stereocenters. The maximum atomic E-state index is 11.9. The van der Waals surface area contributed by atoms with Crippen LogP contribution in [0.25, 0.3) is 0 Å². The zero-order chi connectivity index (χ0) is 15.7. The number of ether oxygens (including phenoxy) is 1. The topological polar surface area (TPSA) is 67.6 Å². The summed E-state index contributed by atoms with van der Waals surface area (Å²) in [6.07, 6.45) is 1.39. The van der Waals surface area contributed by atoms with Crippen LogP contribution in [0.3, 0.4) is 0 Å². The number of hydrogen-bond donors (Lipinski definition) is 2. The Hall–Kier alpha value is -1.59. The predicted octanol–water partition coefficient (Wildman–Crippen LogP) is 1.94. The number of nitrogens with one attached hydrogen (secondary N) is 1. The minimum absolute atomic E-state index is 0.00794. The zero-order valence-electron chi connectivity index (χ0n) is 13.3. The highest BCUT2D eigenvalue weighted by Gasteiger charge is 2.10. The average Bonchev–Trinajstić information content (AvgIpc) is 2.46. The van der Waals surface area contributed by atoms with Crippen LogP contribution in [0.15, 0.2) is 24.3 Å². The molecule has 0 fully saturated rings. The Morgan fingerprint density at radius 3 is 2.52 bits per heavy atom. The van der Waals surface area contributed by atoms with Gasteiger partial charge in [-0.1, -0.05) is 13.3 Å². The Balaban J connectivity index is 2.41. The molecule has 0 saturated heterocycles. The van der Waals surface area contributed by atoms with Crippen molar-refractivity contribution in [3.63, 3.8) is 0 Å². The van der Waals surface area contributed by atoms with Gasteiger partial charge in [-0.05, 0) is 50.8 Å². The number of carbonyl (C=O) groups is 1. The van der Waals surface area contributed by atoms with Gasteiger partial charge in [-0.2, -0.15) is 0 Å². The molecule has 1 aromatic carbocycles. The van der Waals surface area contributed by atoms with Crippen molar-refractivity contribution in [2.45, 2.75) is 19.8 Å². The first-order valence-electron chi connectivity index (χ1n) is 7.42. The van der Waals surface area contributed by atoms with Gasteiger partial charge in [0, 0.05) is 18.7 Å². The highest BCUT2D eigenvalue weighted by atomic mass is 16.5. The third-order valence-corrected chi connectivity index (χ3v) is 3.33. The lowest BCUT2D eigenvalue weighted by atomic mass is 10.0. The second-order valence-electron chi connectivity index (χ2n) is 5.44. The van der Waals surface area contributed by atoms with Crippen molar-refractivity contribution in [2.24, 2.45) is 11.7 Å². The molecule has 5 nitrogen and oxygen atoms in total. The second kappa shape index (κ2) is 9.37. The molecule has 0 bridgehead atoms. The first kappa shape index (κ1) is 17.5. The molecular formula is C16H27N3O2. The molecule has 1 atom stereocenters. The number of anilines is 1. The molecule has 0 aliphatic rings. The maximum absolute atomic E-state index is 11.9. The molecule has 0 spiro atoms. The van der Waals surface area contributed by atoms with Crippen molar-refractivity contribution < 1.29 is 9.53 Å². The number of carbonyl (C=O) groups excluding carboxylic acids is 1. The fraction of sp³-hybridized carbons (Fsp3) is 0.562. The number of hydrogen-bond acceptors (Lipinski definition) is 4. The van der Waals surface area contributed by atoms with Gasteiger partial charge in [0.25, 0.3) is 0 Å². The molecule has 1 rings (SSSR count). The van der Waals surface area contributed by atoms with Crippen LogP contribution in [0, 0.1) is 5.92 Å². The van der Waals surface area contributed by atoms with Crippen molar-refractivity contribution in [3.05, 3.63) is 24.3 Å². The SMILES string of the molecule is CCC(CN)CC(=O)Nc1ccc(OCCN(C)C)cc1. The number of amides is 1. The van der Waals surface area contributed by atoms with Crippen molar-refractivity contribution in [1.82, 2.24) is 4.90 Å². The van der Waals surface area contributed by atoms with Crippen molar-refractivity contribution in [3.8, 4) is 5.75 Å². The molecule has 1 amide bonds. The van der Waals surface area contributed by atoms with E-state index in [4.69, 9.17) is 10.5 Å². The lowest BCUT2D eigenvalue weighted by Gasteiger charge is -2.13. The van der Waals surface area contributed by atoms with Crippen molar-refractivity contribution >= 4 is 11.6 Å². The van der Waals surface area contributed by atoms with Crippen molar-refractivity contribution in [1.29, 1.82) is 0 Å². The van der Waals surface area contributed by atoms with Crippen LogP contribution in [0.4, 0.5) is 5.69 Å². The van der Waals surface area contributed by atoms with E-state index in [9.17, 15) is 4.79 Å². The first-order valence-corrected chi connectivity index (χ1v) is 7.42. The van der Waals surface area contributed by atoms with Crippen LogP contribution in [0.1, 0.15) is 19.8 Å². The standard InChI is InChI=1S/C16H27N3O2/c1-4-13(12-17)11-16(20)18-14-5-7-15(8-6-14)21-10-9-19(2)3/h5-8,13H,4,9-12,17H2,1-3H3,(H,18,20). The van der Waals surface area contributed by atoms with E-state index in [2.05, 4.69) is 10.2 Å². The smallest absolute Gasteiger partial charge is 0.224 e. The largest absolute Gasteiger partial charge is 0.492 e. The molecule has 118 valence electrons. The molecule has 5 heteroatoms. The molecule has 0 saturated carbocycles. The number of benzene rings is 1. The van der Waals surface area contributed by atoms with E-state index in [1.165, 1.54) is 0 Å². The van der Waals surface area contributed by atoms with Gasteiger partial charge in [-0.3, -0.25) is 4.79 Å². The summed E-state index contributed by atoms with van der Waals surface area (Å²) in [5.41, 5.74) is 6.40. The fourth-order valence-electron chi connectivity index (χ4n) is 1.85. The van der Waals surface area contributed by atoms with Gasteiger partial charge in [0.1, 0.15) is 12.4 Å². The third-order valence-electron chi connectivity index (χ3n) is 3.33. The van der Waals surface area contributed by atoms with E-state index in [0.29, 0.717) is 19.6 Å². The molecular weight excluding hydrogens is 266 g/mol. The predicted molar refractivity (Wildman–Crippen MR) is 86.6 cm³/mol. The van der Waals surface area contributed by atoms with Crippen LogP contribution in [-0.4, -0.2) is 44.6 Å². The average molecular weight is 293 g/mol. The second-order valence-corrected chi connectivity index (χ2v) is 5.44. The summed E-state index contributed by atoms with van der Waals surface area (Å²) >= 11 is 0. The van der Waals surface area contributed by atoms with E-state index in [1.54, 1.807) is 0 Å². The molecule has 0 radical (unpaired) electrons. The van der Waals surface area contributed by atoms with E-state index in [0.717, 1.165) is 24.4 Å². The van der Waals surface area contributed by atoms with Gasteiger partial charge in [-0.25, -0.2) is 0 Å². The van der Waals surface area contributed by atoms with E-state index in [-0.39, 0.29) is 11.8 Å². The fourth-order valence-corrected chi connectivity index (χ4v) is 1.85. The maximum Gasteiger partial charge on any atom is 0.224 e. The summed E-state index contributed by atoms with van der Waals surface area (Å²) in [5, 5.41) is 2.88. The highest BCUT2D eigenvalue weighted by Crippen LogP contribution is 2.16. The van der Waals surface area contributed by atoms with Gasteiger partial charge in [0.15, 0.2) is 0 Å². The Kier molecular flexibility index (Phi) is 7.79. The first-order chi connectivity index (χ1) is 10.0. The van der Waals surface area contributed by atoms with Crippen LogP contribution in [0.5, 0.6) is 5.75 Å². The molecule has 1 aromatic rings. The van der Waals surface area contributed by atoms with Gasteiger partial charge in [0.05, 0.1) is 0 Å². The Morgan fingerprint density at radius 2 is 2.00 bits per heavy atom. The lowest BCUT2D eigenvalue weighted by molar-refractivity contribution is -0.117. The summed E-state index contributed by atoms with van der Waals surface area (Å²) < 4.78 is 5.61. The Morgan fingerprint density at radius 1 is 1.33 bits per heavy atom. The minimum Gasteiger partial charge on any atom is -0.492 e. The minimum atomic E-state index is 0.00794. The highest BCUT2D eigenvalue weighted by molar-refractivity contribution is 5.90. The molecule has 0 aromatic heterocycles. The molecule has 0 aliphatic heterocycles. The number of rotatable bonds is 9. The third kappa shape index (κ3) is 7.11. The summed E-state index contributed by atoms with van der Waals surface area (Å²) in [4.78, 5) is 13.9. The monoisotopic (exact) mass is 293 g/mol. The Labute approximate surface area is 127 Å². The van der Waals surface area contributed by atoms with Crippen LogP contribution < -0.4 is 15.8 Å². The molecule has 0 aliphatic carbocycles. The van der Waals surface area contributed by atoms with Gasteiger partial charge in [-0.15, -0.1) is 0 Å². The Bertz CT molecular complexity index is 414. The number of nitrogens with zero attached hydrogens (tertiary/aromatic N) is 1. The summed E-state index contributed by atoms with van der Waals surface area (Å²) in [5.74, 6) is 1.07. The van der Waals surface area contributed by atoms with Gasteiger partial charge >= 0.3 is 0 Å².